The van der Waals surface area contributed by atoms with Gasteiger partial charge in [0.05, 0.1) is 35.1 Å². The summed E-state index contributed by atoms with van der Waals surface area (Å²) in [7, 11) is -3.61. The van der Waals surface area contributed by atoms with Crippen LogP contribution in [-0.2, 0) is 16.6 Å². The Morgan fingerprint density at radius 1 is 1.19 bits per heavy atom. The normalized spacial score (nSPS) is 13.1. The first-order valence-electron chi connectivity index (χ1n) is 6.44. The minimum Gasteiger partial charge on any atom is -0.389 e. The van der Waals surface area contributed by atoms with Crippen molar-refractivity contribution in [3.63, 3.8) is 0 Å². The van der Waals surface area contributed by atoms with Gasteiger partial charge in [0, 0.05) is 6.20 Å². The molecule has 0 spiro atoms. The van der Waals surface area contributed by atoms with Gasteiger partial charge in [0.2, 0.25) is 10.0 Å². The summed E-state index contributed by atoms with van der Waals surface area (Å²) in [6.07, 6.45) is 2.49. The molecular formula is C14H17N3O3S. The summed E-state index contributed by atoms with van der Waals surface area (Å²) < 4.78 is 26.7. The van der Waals surface area contributed by atoms with Gasteiger partial charge in [0.25, 0.3) is 0 Å². The third-order valence-corrected chi connectivity index (χ3v) is 4.37. The van der Waals surface area contributed by atoms with E-state index in [9.17, 15) is 13.5 Å². The van der Waals surface area contributed by atoms with Crippen molar-refractivity contribution < 1.29 is 13.5 Å². The Hall–Kier alpha value is -1.83. The van der Waals surface area contributed by atoms with Crippen molar-refractivity contribution in [1.29, 1.82) is 0 Å². The molecule has 6 nitrogen and oxygen atoms in total. The lowest BCUT2D eigenvalue weighted by Crippen LogP contribution is -2.23. The standard InChI is InChI=1S/C14H17N3O3S/c1-10-7-16-13(8-15-10)9-17-21(19,20)14-5-3-12(4-6-14)11(2)18/h3-8,11,17-18H,9H2,1-2H3. The molecule has 0 fully saturated rings. The molecule has 2 N–H and O–H groups in total. The molecule has 0 aliphatic carbocycles. The molecule has 0 amide bonds. The zero-order valence-corrected chi connectivity index (χ0v) is 12.6. The molecule has 1 aromatic heterocycles. The number of hydrogen-bond donors (Lipinski definition) is 2. The third kappa shape index (κ3) is 4.07. The summed E-state index contributed by atoms with van der Waals surface area (Å²) in [5, 5.41) is 9.41. The first-order chi connectivity index (χ1) is 9.88. The first kappa shape index (κ1) is 15.6. The molecule has 0 bridgehead atoms. The Balaban J connectivity index is 2.09. The van der Waals surface area contributed by atoms with Crippen LogP contribution in [0.25, 0.3) is 0 Å². The Bertz CT molecular complexity index is 695. The molecule has 2 aromatic rings. The molecular weight excluding hydrogens is 290 g/mol. The summed E-state index contributed by atoms with van der Waals surface area (Å²) >= 11 is 0. The number of aromatic nitrogens is 2. The van der Waals surface area contributed by atoms with E-state index in [0.717, 1.165) is 5.69 Å². The van der Waals surface area contributed by atoms with Crippen molar-refractivity contribution in [2.75, 3.05) is 0 Å². The van der Waals surface area contributed by atoms with Gasteiger partial charge in [-0.25, -0.2) is 13.1 Å². The minimum atomic E-state index is -3.61. The van der Waals surface area contributed by atoms with E-state index in [-0.39, 0.29) is 11.4 Å². The number of aryl methyl sites for hydroxylation is 1. The molecule has 21 heavy (non-hydrogen) atoms. The second-order valence-corrected chi connectivity index (χ2v) is 6.49. The van der Waals surface area contributed by atoms with Gasteiger partial charge >= 0.3 is 0 Å². The van der Waals surface area contributed by atoms with Gasteiger partial charge < -0.3 is 5.11 Å². The fourth-order valence-electron chi connectivity index (χ4n) is 1.69. The molecule has 0 aliphatic heterocycles. The second-order valence-electron chi connectivity index (χ2n) is 4.72. The summed E-state index contributed by atoms with van der Waals surface area (Å²) in [4.78, 5) is 8.29. The second kappa shape index (κ2) is 6.30. The summed E-state index contributed by atoms with van der Waals surface area (Å²) in [6, 6.07) is 6.10. The van der Waals surface area contributed by atoms with E-state index >= 15 is 0 Å². The van der Waals surface area contributed by atoms with Crippen LogP contribution in [0.5, 0.6) is 0 Å². The van der Waals surface area contributed by atoms with Crippen LogP contribution in [0.4, 0.5) is 0 Å². The van der Waals surface area contributed by atoms with E-state index in [1.807, 2.05) is 6.92 Å². The van der Waals surface area contributed by atoms with Crippen LogP contribution < -0.4 is 4.72 Å². The van der Waals surface area contributed by atoms with Crippen LogP contribution in [0, 0.1) is 6.92 Å². The summed E-state index contributed by atoms with van der Waals surface area (Å²) in [6.45, 7) is 3.51. The average Bonchev–Trinajstić information content (AvgIpc) is 2.47. The van der Waals surface area contributed by atoms with E-state index in [0.29, 0.717) is 11.3 Å². The molecule has 1 heterocycles. The highest BCUT2D eigenvalue weighted by molar-refractivity contribution is 7.89. The number of hydrogen-bond acceptors (Lipinski definition) is 5. The summed E-state index contributed by atoms with van der Waals surface area (Å²) in [5.41, 5.74) is 1.98. The van der Waals surface area contributed by atoms with Crippen molar-refractivity contribution in [1.82, 2.24) is 14.7 Å². The Morgan fingerprint density at radius 2 is 1.86 bits per heavy atom. The largest absolute Gasteiger partial charge is 0.389 e. The van der Waals surface area contributed by atoms with Gasteiger partial charge in [-0.1, -0.05) is 12.1 Å². The number of nitrogens with zero attached hydrogens (tertiary/aromatic N) is 2. The molecule has 2 rings (SSSR count). The lowest BCUT2D eigenvalue weighted by molar-refractivity contribution is 0.199. The van der Waals surface area contributed by atoms with Crippen LogP contribution in [0.15, 0.2) is 41.6 Å². The molecule has 7 heteroatoms. The number of aliphatic hydroxyl groups excluding tert-OH is 1. The maximum absolute atomic E-state index is 12.1. The number of sulfonamides is 1. The Labute approximate surface area is 123 Å². The number of aliphatic hydroxyl groups is 1. The molecule has 0 radical (unpaired) electrons. The SMILES string of the molecule is Cc1cnc(CNS(=O)(=O)c2ccc(C(C)O)cc2)cn1. The molecule has 1 atom stereocenters. The van der Waals surface area contributed by atoms with Crippen LogP contribution in [0.2, 0.25) is 0 Å². The molecule has 0 saturated carbocycles. The molecule has 1 aromatic carbocycles. The van der Waals surface area contributed by atoms with E-state index in [2.05, 4.69) is 14.7 Å². The molecule has 1 unspecified atom stereocenters. The summed E-state index contributed by atoms with van der Waals surface area (Å²) in [5.74, 6) is 0. The highest BCUT2D eigenvalue weighted by Crippen LogP contribution is 2.15. The maximum atomic E-state index is 12.1. The number of benzene rings is 1. The molecule has 0 aliphatic rings. The Morgan fingerprint density at radius 3 is 2.38 bits per heavy atom. The smallest absolute Gasteiger partial charge is 0.240 e. The van der Waals surface area contributed by atoms with E-state index in [1.165, 1.54) is 18.3 Å². The highest BCUT2D eigenvalue weighted by atomic mass is 32.2. The monoisotopic (exact) mass is 307 g/mol. The van der Waals surface area contributed by atoms with E-state index in [1.54, 1.807) is 25.3 Å². The van der Waals surface area contributed by atoms with Crippen molar-refractivity contribution in [2.24, 2.45) is 0 Å². The molecule has 112 valence electrons. The first-order valence-corrected chi connectivity index (χ1v) is 7.92. The number of nitrogens with one attached hydrogen (secondary N) is 1. The van der Waals surface area contributed by atoms with Crippen LogP contribution in [-0.4, -0.2) is 23.5 Å². The van der Waals surface area contributed by atoms with E-state index < -0.39 is 16.1 Å². The lowest BCUT2D eigenvalue weighted by atomic mass is 10.1. The molecule has 0 saturated heterocycles. The third-order valence-electron chi connectivity index (χ3n) is 2.95. The van der Waals surface area contributed by atoms with Gasteiger partial charge in [0.15, 0.2) is 0 Å². The van der Waals surface area contributed by atoms with Crippen molar-refractivity contribution in [3.05, 3.63) is 53.6 Å². The van der Waals surface area contributed by atoms with Crippen molar-refractivity contribution in [2.45, 2.75) is 31.4 Å². The van der Waals surface area contributed by atoms with Gasteiger partial charge in [0.1, 0.15) is 0 Å². The zero-order valence-electron chi connectivity index (χ0n) is 11.8. The fraction of sp³-hybridized carbons (Fsp3) is 0.286. The van der Waals surface area contributed by atoms with Gasteiger partial charge in [-0.05, 0) is 31.5 Å². The number of rotatable bonds is 5. The van der Waals surface area contributed by atoms with Crippen molar-refractivity contribution >= 4 is 10.0 Å². The predicted octanol–water partition coefficient (Wildman–Crippen LogP) is 1.32. The quantitative estimate of drug-likeness (QED) is 0.869. The van der Waals surface area contributed by atoms with Crippen LogP contribution >= 0.6 is 0 Å². The Kier molecular flexibility index (Phi) is 4.66. The zero-order chi connectivity index (χ0) is 15.5. The highest BCUT2D eigenvalue weighted by Gasteiger charge is 2.14. The van der Waals surface area contributed by atoms with E-state index in [4.69, 9.17) is 0 Å². The average molecular weight is 307 g/mol. The minimum absolute atomic E-state index is 0.0772. The van der Waals surface area contributed by atoms with Gasteiger partial charge in [-0.3, -0.25) is 9.97 Å². The van der Waals surface area contributed by atoms with Crippen LogP contribution in [0.1, 0.15) is 30.0 Å². The topological polar surface area (TPSA) is 92.2 Å². The maximum Gasteiger partial charge on any atom is 0.240 e. The lowest BCUT2D eigenvalue weighted by Gasteiger charge is -2.08. The van der Waals surface area contributed by atoms with Crippen molar-refractivity contribution in [3.8, 4) is 0 Å². The predicted molar refractivity (Wildman–Crippen MR) is 77.9 cm³/mol. The van der Waals surface area contributed by atoms with Gasteiger partial charge in [-0.15, -0.1) is 0 Å². The fourth-order valence-corrected chi connectivity index (χ4v) is 2.69. The van der Waals surface area contributed by atoms with Crippen LogP contribution in [0.3, 0.4) is 0 Å². The van der Waals surface area contributed by atoms with Gasteiger partial charge in [-0.2, -0.15) is 0 Å².